The summed E-state index contributed by atoms with van der Waals surface area (Å²) >= 11 is 0. The number of hydrogen-bond donors (Lipinski definition) is 1. The average Bonchev–Trinajstić information content (AvgIpc) is 2.23. The Labute approximate surface area is 42.2 Å². The van der Waals surface area contributed by atoms with Crippen molar-refractivity contribution in [3.8, 4) is 6.57 Å². The first-order valence-electron chi connectivity index (χ1n) is 1.78. The van der Waals surface area contributed by atoms with Crippen molar-refractivity contribution >= 4 is 0 Å². The summed E-state index contributed by atoms with van der Waals surface area (Å²) in [4.78, 5) is 4.58. The third-order valence-corrected chi connectivity index (χ3v) is 0.449. The summed E-state index contributed by atoms with van der Waals surface area (Å²) in [5.74, 6) is 0. The Balaban J connectivity index is 0.000000162. The molecule has 1 heterocycles. The van der Waals surface area contributed by atoms with E-state index in [1.807, 2.05) is 6.08 Å². The molecule has 38 valence electrons. The average molecular weight is 98.1 g/mol. The van der Waals surface area contributed by atoms with Crippen molar-refractivity contribution in [3.05, 3.63) is 12.3 Å². The fourth-order valence-corrected chi connectivity index (χ4v) is 0.241. The van der Waals surface area contributed by atoms with E-state index in [0.29, 0.717) is 6.61 Å². The van der Waals surface area contributed by atoms with Gasteiger partial charge in [-0.3, -0.25) is 10.3 Å². The molecule has 1 rings (SSSR count). The molecule has 0 spiro atoms. The van der Waals surface area contributed by atoms with Gasteiger partial charge in [-0.2, -0.15) is 0 Å². The molecule has 1 aliphatic heterocycles. The zero-order valence-corrected chi connectivity index (χ0v) is 3.79. The van der Waals surface area contributed by atoms with Crippen LogP contribution in [0.25, 0.3) is 0 Å². The Kier molecular flexibility index (Phi) is 4.27. The lowest BCUT2D eigenvalue weighted by molar-refractivity contribution is 0.115. The normalized spacial score (nSPS) is 14.0. The second kappa shape index (κ2) is 4.99. The maximum absolute atomic E-state index is 6.50. The molecule has 3 heteroatoms. The predicted molar refractivity (Wildman–Crippen MR) is 24.9 cm³/mol. The minimum Gasteiger partial charge on any atom is -0.274 e. The highest BCUT2D eigenvalue weighted by Crippen LogP contribution is 1.77. The zero-order valence-electron chi connectivity index (χ0n) is 3.79. The van der Waals surface area contributed by atoms with E-state index in [9.17, 15) is 0 Å². The molecule has 0 radical (unpaired) electrons. The molecular weight excluding hydrogens is 92.1 g/mol. The Morgan fingerprint density at radius 2 is 2.43 bits per heavy atom. The molecule has 0 saturated carbocycles. The monoisotopic (exact) mass is 98.0 g/mol. The van der Waals surface area contributed by atoms with Gasteiger partial charge in [0.2, 0.25) is 0 Å². The molecule has 0 aromatic rings. The number of nitriles is 1. The van der Waals surface area contributed by atoms with Gasteiger partial charge < -0.3 is 0 Å². The van der Waals surface area contributed by atoms with Crippen LogP contribution in [0.2, 0.25) is 0 Å². The first kappa shape index (κ1) is 5.99. The number of nitrogens with one attached hydrogen (secondary N) is 1. The molecule has 7 heavy (non-hydrogen) atoms. The van der Waals surface area contributed by atoms with E-state index < -0.39 is 0 Å². The fraction of sp³-hybridized carbons (Fsp3) is 0.250. The third-order valence-electron chi connectivity index (χ3n) is 0.449. The van der Waals surface area contributed by atoms with Crippen LogP contribution in [0.5, 0.6) is 0 Å². The van der Waals surface area contributed by atoms with Crippen LogP contribution in [0.15, 0.2) is 12.3 Å². The van der Waals surface area contributed by atoms with Crippen LogP contribution < -0.4 is 5.48 Å². The number of nitrogens with zero attached hydrogens (tertiary/aromatic N) is 1. The van der Waals surface area contributed by atoms with E-state index in [2.05, 4.69) is 16.9 Å². The summed E-state index contributed by atoms with van der Waals surface area (Å²) in [5.41, 5.74) is 2.54. The largest absolute Gasteiger partial charge is 0.274 e. The van der Waals surface area contributed by atoms with Crippen LogP contribution in [0.1, 0.15) is 0 Å². The molecule has 0 aromatic heterocycles. The molecule has 3 nitrogen and oxygen atoms in total. The summed E-state index contributed by atoms with van der Waals surface area (Å²) in [5, 5.41) is 6.50. The van der Waals surface area contributed by atoms with Gasteiger partial charge in [-0.05, 0) is 6.08 Å². The summed E-state index contributed by atoms with van der Waals surface area (Å²) in [6, 6.07) is 0. The van der Waals surface area contributed by atoms with E-state index in [0.717, 1.165) is 0 Å². The summed E-state index contributed by atoms with van der Waals surface area (Å²) in [7, 11) is 0. The Morgan fingerprint density at radius 1 is 1.71 bits per heavy atom. The molecule has 1 aliphatic rings. The van der Waals surface area contributed by atoms with Gasteiger partial charge in [-0.1, -0.05) is 0 Å². The molecule has 0 aromatic carbocycles. The van der Waals surface area contributed by atoms with Crippen LogP contribution in [0.3, 0.4) is 0 Å². The third kappa shape index (κ3) is 2.80. The highest BCUT2D eigenvalue weighted by atomic mass is 16.6. The SMILES string of the molecule is C#N.C1=CNOC1. The highest BCUT2D eigenvalue weighted by Gasteiger charge is 1.80. The molecule has 1 N–H and O–H groups in total. The molecule has 0 bridgehead atoms. The van der Waals surface area contributed by atoms with Gasteiger partial charge in [0.05, 0.1) is 6.61 Å². The van der Waals surface area contributed by atoms with Crippen molar-refractivity contribution in [3.63, 3.8) is 0 Å². The van der Waals surface area contributed by atoms with Gasteiger partial charge in [0, 0.05) is 12.8 Å². The Hall–Kier alpha value is -1.01. The topological polar surface area (TPSA) is 45.0 Å². The fourth-order valence-electron chi connectivity index (χ4n) is 0.241. The first-order chi connectivity index (χ1) is 3.50. The van der Waals surface area contributed by atoms with Gasteiger partial charge in [0.25, 0.3) is 0 Å². The van der Waals surface area contributed by atoms with E-state index in [-0.39, 0.29) is 0 Å². The Bertz CT molecular complexity index is 71.0. The molecule has 0 aliphatic carbocycles. The van der Waals surface area contributed by atoms with E-state index in [1.54, 1.807) is 6.20 Å². The molecular formula is C4H6N2O. The minimum absolute atomic E-state index is 0.708. The van der Waals surface area contributed by atoms with Crippen molar-refractivity contribution in [1.29, 1.82) is 5.26 Å². The van der Waals surface area contributed by atoms with Crippen LogP contribution in [0.4, 0.5) is 0 Å². The molecule has 0 amide bonds. The van der Waals surface area contributed by atoms with Gasteiger partial charge >= 0.3 is 0 Å². The molecule has 0 saturated heterocycles. The summed E-state index contributed by atoms with van der Waals surface area (Å²) in [6.45, 7) is 4.21. The van der Waals surface area contributed by atoms with Crippen molar-refractivity contribution in [2.75, 3.05) is 6.61 Å². The number of hydrogen-bond acceptors (Lipinski definition) is 3. The lowest BCUT2D eigenvalue weighted by Crippen LogP contribution is -1.95. The van der Waals surface area contributed by atoms with E-state index in [4.69, 9.17) is 5.26 Å². The number of hydroxylamine groups is 1. The number of rotatable bonds is 0. The van der Waals surface area contributed by atoms with Crippen LogP contribution >= 0.6 is 0 Å². The standard InChI is InChI=1S/C3H5NO.CHN/c1-2-4-5-3-1;1-2/h1-2,4H,3H2;1H. The quantitative estimate of drug-likeness (QED) is 0.470. The first-order valence-corrected chi connectivity index (χ1v) is 1.78. The second-order valence-electron chi connectivity index (χ2n) is 0.831. The van der Waals surface area contributed by atoms with Crippen molar-refractivity contribution < 1.29 is 4.84 Å². The van der Waals surface area contributed by atoms with Crippen molar-refractivity contribution in [2.24, 2.45) is 0 Å². The van der Waals surface area contributed by atoms with Crippen LogP contribution in [-0.4, -0.2) is 6.61 Å². The van der Waals surface area contributed by atoms with E-state index in [1.165, 1.54) is 0 Å². The zero-order chi connectivity index (χ0) is 5.54. The van der Waals surface area contributed by atoms with Crippen LogP contribution in [-0.2, 0) is 4.84 Å². The van der Waals surface area contributed by atoms with E-state index >= 15 is 0 Å². The highest BCUT2D eigenvalue weighted by molar-refractivity contribution is 4.79. The summed E-state index contributed by atoms with van der Waals surface area (Å²) < 4.78 is 0. The van der Waals surface area contributed by atoms with Gasteiger partial charge in [-0.25, -0.2) is 5.26 Å². The molecule has 0 atom stereocenters. The van der Waals surface area contributed by atoms with Crippen LogP contribution in [0, 0.1) is 11.8 Å². The van der Waals surface area contributed by atoms with Gasteiger partial charge in [0.1, 0.15) is 0 Å². The smallest absolute Gasteiger partial charge is 0.0945 e. The Morgan fingerprint density at radius 3 is 2.57 bits per heavy atom. The van der Waals surface area contributed by atoms with Crippen molar-refractivity contribution in [1.82, 2.24) is 5.48 Å². The van der Waals surface area contributed by atoms with Crippen molar-refractivity contribution in [2.45, 2.75) is 0 Å². The van der Waals surface area contributed by atoms with Gasteiger partial charge in [0.15, 0.2) is 0 Å². The molecule has 0 unspecified atom stereocenters. The maximum Gasteiger partial charge on any atom is 0.0945 e. The second-order valence-corrected chi connectivity index (χ2v) is 0.831. The maximum atomic E-state index is 6.50. The predicted octanol–water partition coefficient (Wildman–Crippen LogP) is 0.175. The summed E-state index contributed by atoms with van der Waals surface area (Å²) in [6.07, 6.45) is 3.67. The van der Waals surface area contributed by atoms with Gasteiger partial charge in [-0.15, -0.1) is 0 Å². The minimum atomic E-state index is 0.708. The lowest BCUT2D eigenvalue weighted by Gasteiger charge is -1.82. The lowest BCUT2D eigenvalue weighted by atomic mass is 10.7. The molecule has 0 fully saturated rings.